The summed E-state index contributed by atoms with van der Waals surface area (Å²) in [6, 6.07) is 0. The first-order valence-corrected chi connectivity index (χ1v) is 11.0. The van der Waals surface area contributed by atoms with Crippen LogP contribution in [0, 0.1) is 5.92 Å². The average molecular weight is 421 g/mol. The first kappa shape index (κ1) is 24.4. The van der Waals surface area contributed by atoms with E-state index in [9.17, 15) is 9.59 Å². The Morgan fingerprint density at radius 2 is 1.48 bits per heavy atom. The zero-order chi connectivity index (χ0) is 18.9. The Kier molecular flexibility index (Phi) is 16.5. The molecule has 1 atom stereocenters. The van der Waals surface area contributed by atoms with Gasteiger partial charge in [-0.3, -0.25) is 9.59 Å². The number of carbonyl (C=O) groups is 2. The highest BCUT2D eigenvalue weighted by Gasteiger charge is 2.17. The number of esters is 2. The minimum Gasteiger partial charge on any atom is -0.466 e. The van der Waals surface area contributed by atoms with Gasteiger partial charge in [-0.2, -0.15) is 0 Å². The van der Waals surface area contributed by atoms with Gasteiger partial charge in [-0.25, -0.2) is 0 Å². The third-order valence-corrected chi connectivity index (χ3v) is 4.71. The first-order chi connectivity index (χ1) is 12.0. The zero-order valence-corrected chi connectivity index (χ0v) is 17.9. The topological polar surface area (TPSA) is 52.6 Å². The molecule has 4 nitrogen and oxygen atoms in total. The summed E-state index contributed by atoms with van der Waals surface area (Å²) in [7, 11) is 0. The van der Waals surface area contributed by atoms with E-state index in [2.05, 4.69) is 36.7 Å². The Morgan fingerprint density at radius 1 is 0.880 bits per heavy atom. The van der Waals surface area contributed by atoms with E-state index in [0.29, 0.717) is 25.4 Å². The highest BCUT2D eigenvalue weighted by Crippen LogP contribution is 2.14. The van der Waals surface area contributed by atoms with Crippen molar-refractivity contribution in [2.24, 2.45) is 5.92 Å². The number of ether oxygens (including phenoxy) is 2. The highest BCUT2D eigenvalue weighted by atomic mass is 79.9. The van der Waals surface area contributed by atoms with Crippen molar-refractivity contribution >= 4 is 27.9 Å². The fourth-order valence-electron chi connectivity index (χ4n) is 2.58. The van der Waals surface area contributed by atoms with Crippen molar-refractivity contribution in [3.05, 3.63) is 0 Å². The summed E-state index contributed by atoms with van der Waals surface area (Å²) >= 11 is 3.43. The van der Waals surface area contributed by atoms with Crippen molar-refractivity contribution < 1.29 is 19.1 Å². The average Bonchev–Trinajstić information content (AvgIpc) is 2.56. The number of halogens is 1. The van der Waals surface area contributed by atoms with Gasteiger partial charge < -0.3 is 9.47 Å². The van der Waals surface area contributed by atoms with E-state index in [0.717, 1.165) is 31.0 Å². The molecule has 0 aromatic carbocycles. The molecule has 0 saturated heterocycles. The monoisotopic (exact) mass is 420 g/mol. The van der Waals surface area contributed by atoms with E-state index in [1.807, 2.05) is 0 Å². The predicted molar refractivity (Wildman–Crippen MR) is 106 cm³/mol. The molecular formula is C20H37BrO4. The van der Waals surface area contributed by atoms with Gasteiger partial charge in [0.2, 0.25) is 0 Å². The number of carbonyl (C=O) groups excluding carboxylic acids is 2. The molecular weight excluding hydrogens is 384 g/mol. The Hall–Kier alpha value is -0.580. The molecule has 0 bridgehead atoms. The van der Waals surface area contributed by atoms with Gasteiger partial charge in [-0.1, -0.05) is 68.8 Å². The van der Waals surface area contributed by atoms with E-state index in [-0.39, 0.29) is 24.5 Å². The summed E-state index contributed by atoms with van der Waals surface area (Å²) in [5.41, 5.74) is 0. The zero-order valence-electron chi connectivity index (χ0n) is 16.4. The van der Waals surface area contributed by atoms with Crippen LogP contribution < -0.4 is 0 Å². The predicted octanol–water partition coefficient (Wildman–Crippen LogP) is 5.80. The van der Waals surface area contributed by atoms with Crippen molar-refractivity contribution in [2.45, 2.75) is 97.5 Å². The van der Waals surface area contributed by atoms with Crippen LogP contribution in [0.25, 0.3) is 0 Å². The molecule has 25 heavy (non-hydrogen) atoms. The quantitative estimate of drug-likeness (QED) is 0.179. The molecule has 0 radical (unpaired) electrons. The molecule has 5 heteroatoms. The summed E-state index contributed by atoms with van der Waals surface area (Å²) in [6.45, 7) is 6.70. The Bertz CT molecular complexity index is 345. The van der Waals surface area contributed by atoms with Gasteiger partial charge in [-0.05, 0) is 31.6 Å². The standard InChI is InChI=1S/C20H37BrO4/c1-4-12-18(17(2)3)25-20(23)14-11-13-19(22)24-16-10-8-6-5-7-9-15-21/h17-18H,4-16H2,1-3H3. The second-order valence-corrected chi connectivity index (χ2v) is 7.74. The Morgan fingerprint density at radius 3 is 2.08 bits per heavy atom. The van der Waals surface area contributed by atoms with Crippen molar-refractivity contribution in [2.75, 3.05) is 11.9 Å². The third kappa shape index (κ3) is 15.4. The highest BCUT2D eigenvalue weighted by molar-refractivity contribution is 9.09. The lowest BCUT2D eigenvalue weighted by Gasteiger charge is -2.20. The van der Waals surface area contributed by atoms with Crippen LogP contribution in [0.15, 0.2) is 0 Å². The van der Waals surface area contributed by atoms with Gasteiger partial charge in [0.25, 0.3) is 0 Å². The van der Waals surface area contributed by atoms with E-state index in [4.69, 9.17) is 9.47 Å². The lowest BCUT2D eigenvalue weighted by molar-refractivity contribution is -0.152. The van der Waals surface area contributed by atoms with Crippen LogP contribution in [0.5, 0.6) is 0 Å². The smallest absolute Gasteiger partial charge is 0.306 e. The number of hydrogen-bond acceptors (Lipinski definition) is 4. The molecule has 0 aromatic heterocycles. The van der Waals surface area contributed by atoms with E-state index >= 15 is 0 Å². The first-order valence-electron chi connectivity index (χ1n) is 9.92. The molecule has 0 fully saturated rings. The normalized spacial score (nSPS) is 12.2. The van der Waals surface area contributed by atoms with Gasteiger partial charge >= 0.3 is 11.9 Å². The number of hydrogen-bond donors (Lipinski definition) is 0. The number of alkyl halides is 1. The van der Waals surface area contributed by atoms with Crippen molar-refractivity contribution in [3.63, 3.8) is 0 Å². The van der Waals surface area contributed by atoms with Crippen LogP contribution in [0.1, 0.15) is 91.4 Å². The molecule has 1 unspecified atom stereocenters. The molecule has 0 heterocycles. The van der Waals surface area contributed by atoms with E-state index in [1.165, 1.54) is 25.7 Å². The fraction of sp³-hybridized carbons (Fsp3) is 0.900. The van der Waals surface area contributed by atoms with Gasteiger partial charge in [0.1, 0.15) is 6.10 Å². The minimum atomic E-state index is -0.207. The van der Waals surface area contributed by atoms with Crippen LogP contribution in [0.2, 0.25) is 0 Å². The maximum absolute atomic E-state index is 11.8. The molecule has 0 aromatic rings. The van der Waals surface area contributed by atoms with Crippen LogP contribution >= 0.6 is 15.9 Å². The summed E-state index contributed by atoms with van der Waals surface area (Å²) in [5.74, 6) is -0.0853. The summed E-state index contributed by atoms with van der Waals surface area (Å²) < 4.78 is 10.7. The largest absolute Gasteiger partial charge is 0.466 e. The van der Waals surface area contributed by atoms with E-state index in [1.54, 1.807) is 0 Å². The van der Waals surface area contributed by atoms with Crippen LogP contribution in [-0.4, -0.2) is 30.0 Å². The maximum Gasteiger partial charge on any atom is 0.306 e. The molecule has 0 aliphatic carbocycles. The van der Waals surface area contributed by atoms with Gasteiger partial charge in [0, 0.05) is 18.2 Å². The van der Waals surface area contributed by atoms with Gasteiger partial charge in [0.15, 0.2) is 0 Å². The van der Waals surface area contributed by atoms with Crippen molar-refractivity contribution in [3.8, 4) is 0 Å². The fourth-order valence-corrected chi connectivity index (χ4v) is 2.98. The second-order valence-electron chi connectivity index (χ2n) is 6.95. The van der Waals surface area contributed by atoms with Crippen LogP contribution in [-0.2, 0) is 19.1 Å². The minimum absolute atomic E-state index is 0.0148. The molecule has 0 N–H and O–H groups in total. The van der Waals surface area contributed by atoms with Crippen LogP contribution in [0.3, 0.4) is 0 Å². The van der Waals surface area contributed by atoms with Crippen LogP contribution in [0.4, 0.5) is 0 Å². The SMILES string of the molecule is CCCC(OC(=O)CCCC(=O)OCCCCCCCCBr)C(C)C. The maximum atomic E-state index is 11.8. The second kappa shape index (κ2) is 16.9. The van der Waals surface area contributed by atoms with E-state index < -0.39 is 0 Å². The molecule has 0 amide bonds. The van der Waals surface area contributed by atoms with Crippen molar-refractivity contribution in [1.82, 2.24) is 0 Å². The Balaban J connectivity index is 3.60. The molecule has 0 rings (SSSR count). The molecule has 0 aliphatic heterocycles. The lowest BCUT2D eigenvalue weighted by atomic mass is 10.0. The molecule has 148 valence electrons. The number of unbranched alkanes of at least 4 members (excludes halogenated alkanes) is 5. The van der Waals surface area contributed by atoms with Gasteiger partial charge in [-0.15, -0.1) is 0 Å². The molecule has 0 aliphatic rings. The van der Waals surface area contributed by atoms with Gasteiger partial charge in [0.05, 0.1) is 6.61 Å². The Labute approximate surface area is 162 Å². The summed E-state index contributed by atoms with van der Waals surface area (Å²) in [4.78, 5) is 23.5. The summed E-state index contributed by atoms with van der Waals surface area (Å²) in [6.07, 6.45) is 9.93. The lowest BCUT2D eigenvalue weighted by Crippen LogP contribution is -2.23. The number of rotatable bonds is 16. The van der Waals surface area contributed by atoms with Crippen molar-refractivity contribution in [1.29, 1.82) is 0 Å². The summed E-state index contributed by atoms with van der Waals surface area (Å²) in [5, 5.41) is 1.08. The molecule has 0 spiro atoms. The third-order valence-electron chi connectivity index (χ3n) is 4.15. The molecule has 0 saturated carbocycles.